The molecule has 1 N–H and O–H groups in total. The normalized spacial score (nSPS) is 16.8. The first-order valence-corrected chi connectivity index (χ1v) is 7.47. The van der Waals surface area contributed by atoms with E-state index in [1.165, 1.54) is 0 Å². The standard InChI is InChI=1S/C11H25NO3S/c1-10(2)6-7-12(5,11(3)4)8-9-16(13,14)15/h10-11H,6-9H2,1-5H3/p+1. The van der Waals surface area contributed by atoms with Gasteiger partial charge in [-0.2, -0.15) is 8.42 Å². The van der Waals surface area contributed by atoms with Crippen molar-refractivity contribution in [3.8, 4) is 0 Å². The van der Waals surface area contributed by atoms with Crippen molar-refractivity contribution >= 4 is 10.1 Å². The van der Waals surface area contributed by atoms with E-state index in [4.69, 9.17) is 4.55 Å². The third-order valence-corrected chi connectivity index (χ3v) is 4.02. The minimum atomic E-state index is -3.85. The Morgan fingerprint density at radius 3 is 1.94 bits per heavy atom. The third kappa shape index (κ3) is 6.45. The Labute approximate surface area is 100.0 Å². The fourth-order valence-electron chi connectivity index (χ4n) is 1.51. The Morgan fingerprint density at radius 2 is 1.62 bits per heavy atom. The van der Waals surface area contributed by atoms with E-state index in [0.29, 0.717) is 23.0 Å². The van der Waals surface area contributed by atoms with E-state index in [1.54, 1.807) is 0 Å². The highest BCUT2D eigenvalue weighted by Gasteiger charge is 2.27. The molecule has 98 valence electrons. The fourth-order valence-corrected chi connectivity index (χ4v) is 2.15. The molecule has 1 atom stereocenters. The number of quaternary nitrogens is 1. The van der Waals surface area contributed by atoms with E-state index < -0.39 is 10.1 Å². The Hall–Kier alpha value is -0.130. The summed E-state index contributed by atoms with van der Waals surface area (Å²) in [7, 11) is -1.79. The summed E-state index contributed by atoms with van der Waals surface area (Å²) in [6.07, 6.45) is 1.07. The largest absolute Gasteiger partial charge is 0.323 e. The zero-order valence-corrected chi connectivity index (χ0v) is 11.9. The molecule has 0 spiro atoms. The van der Waals surface area contributed by atoms with Crippen LogP contribution in [0.1, 0.15) is 34.1 Å². The van der Waals surface area contributed by atoms with Crippen molar-refractivity contribution in [3.63, 3.8) is 0 Å². The molecule has 0 fully saturated rings. The highest BCUT2D eigenvalue weighted by molar-refractivity contribution is 7.85. The lowest BCUT2D eigenvalue weighted by Gasteiger charge is -2.38. The number of hydrogen-bond donors (Lipinski definition) is 1. The van der Waals surface area contributed by atoms with Crippen LogP contribution in [-0.4, -0.2) is 49.4 Å². The Morgan fingerprint density at radius 1 is 1.12 bits per heavy atom. The van der Waals surface area contributed by atoms with Gasteiger partial charge in [0.05, 0.1) is 26.2 Å². The second-order valence-electron chi connectivity index (χ2n) is 5.49. The van der Waals surface area contributed by atoms with Gasteiger partial charge in [0.25, 0.3) is 10.1 Å². The number of rotatable bonds is 7. The lowest BCUT2D eigenvalue weighted by atomic mass is 10.1. The number of nitrogens with zero attached hydrogens (tertiary/aromatic N) is 1. The molecule has 0 aromatic rings. The summed E-state index contributed by atoms with van der Waals surface area (Å²) in [5, 5.41) is 0. The summed E-state index contributed by atoms with van der Waals surface area (Å²) in [5.41, 5.74) is 0. The summed E-state index contributed by atoms with van der Waals surface area (Å²) >= 11 is 0. The van der Waals surface area contributed by atoms with E-state index in [9.17, 15) is 8.42 Å². The zero-order valence-electron chi connectivity index (χ0n) is 11.1. The summed E-state index contributed by atoms with van der Waals surface area (Å²) in [5.74, 6) is 0.460. The molecule has 0 radical (unpaired) electrons. The van der Waals surface area contributed by atoms with E-state index >= 15 is 0 Å². The fraction of sp³-hybridized carbons (Fsp3) is 1.00. The van der Waals surface area contributed by atoms with Gasteiger partial charge < -0.3 is 4.48 Å². The van der Waals surface area contributed by atoms with Gasteiger partial charge in [-0.15, -0.1) is 0 Å². The molecule has 4 nitrogen and oxygen atoms in total. The molecular formula is C11H26NO3S+. The number of hydrogen-bond acceptors (Lipinski definition) is 2. The van der Waals surface area contributed by atoms with Crippen molar-refractivity contribution in [1.29, 1.82) is 0 Å². The minimum absolute atomic E-state index is 0.153. The SMILES string of the molecule is CC(C)CC[N+](C)(CCS(=O)(=O)O)C(C)C. The van der Waals surface area contributed by atoms with Gasteiger partial charge in [0, 0.05) is 0 Å². The van der Waals surface area contributed by atoms with Crippen molar-refractivity contribution in [3.05, 3.63) is 0 Å². The molecule has 0 bridgehead atoms. The van der Waals surface area contributed by atoms with Crippen LogP contribution in [0.25, 0.3) is 0 Å². The van der Waals surface area contributed by atoms with Gasteiger partial charge in [-0.05, 0) is 26.2 Å². The third-order valence-electron chi connectivity index (χ3n) is 3.32. The molecule has 0 aliphatic carbocycles. The van der Waals surface area contributed by atoms with Gasteiger partial charge in [0.2, 0.25) is 0 Å². The first-order valence-electron chi connectivity index (χ1n) is 5.86. The Bertz CT molecular complexity index is 298. The summed E-state index contributed by atoms with van der Waals surface area (Å²) in [4.78, 5) is 0. The maximum atomic E-state index is 10.8. The maximum Gasteiger partial charge on any atom is 0.270 e. The molecule has 0 heterocycles. The highest BCUT2D eigenvalue weighted by Crippen LogP contribution is 2.14. The average Bonchev–Trinajstić information content (AvgIpc) is 2.10. The molecule has 0 aromatic heterocycles. The first kappa shape index (κ1) is 15.9. The molecular weight excluding hydrogens is 226 g/mol. The second kappa shape index (κ2) is 5.98. The topological polar surface area (TPSA) is 54.4 Å². The van der Waals surface area contributed by atoms with E-state index in [2.05, 4.69) is 34.7 Å². The Balaban J connectivity index is 4.45. The quantitative estimate of drug-likeness (QED) is 0.555. The molecule has 0 rings (SSSR count). The van der Waals surface area contributed by atoms with Crippen LogP contribution in [0.4, 0.5) is 0 Å². The van der Waals surface area contributed by atoms with Gasteiger partial charge in [0.15, 0.2) is 0 Å². The lowest BCUT2D eigenvalue weighted by molar-refractivity contribution is -0.928. The predicted octanol–water partition coefficient (Wildman–Crippen LogP) is 1.78. The van der Waals surface area contributed by atoms with Crippen LogP contribution in [0.15, 0.2) is 0 Å². The van der Waals surface area contributed by atoms with Crippen LogP contribution in [0.5, 0.6) is 0 Å². The van der Waals surface area contributed by atoms with Crippen molar-refractivity contribution in [2.75, 3.05) is 25.9 Å². The minimum Gasteiger partial charge on any atom is -0.323 e. The molecule has 5 heteroatoms. The zero-order chi connectivity index (χ0) is 13.0. The predicted molar refractivity (Wildman–Crippen MR) is 66.9 cm³/mol. The van der Waals surface area contributed by atoms with Crippen LogP contribution < -0.4 is 0 Å². The summed E-state index contributed by atoms with van der Waals surface area (Å²) in [6.45, 7) is 9.92. The van der Waals surface area contributed by atoms with E-state index in [1.807, 2.05) is 0 Å². The highest BCUT2D eigenvalue weighted by atomic mass is 32.2. The summed E-state index contributed by atoms with van der Waals surface area (Å²) in [6, 6.07) is 0.362. The van der Waals surface area contributed by atoms with Gasteiger partial charge in [-0.25, -0.2) is 0 Å². The van der Waals surface area contributed by atoms with E-state index in [-0.39, 0.29) is 5.75 Å². The van der Waals surface area contributed by atoms with Crippen LogP contribution in [0.2, 0.25) is 0 Å². The van der Waals surface area contributed by atoms with Crippen molar-refractivity contribution in [2.45, 2.75) is 40.2 Å². The van der Waals surface area contributed by atoms with Crippen molar-refractivity contribution < 1.29 is 17.5 Å². The van der Waals surface area contributed by atoms with Crippen LogP contribution in [0.3, 0.4) is 0 Å². The van der Waals surface area contributed by atoms with Gasteiger partial charge in [-0.3, -0.25) is 4.55 Å². The van der Waals surface area contributed by atoms with Gasteiger partial charge >= 0.3 is 0 Å². The monoisotopic (exact) mass is 252 g/mol. The van der Waals surface area contributed by atoms with Gasteiger partial charge in [0.1, 0.15) is 5.75 Å². The molecule has 0 saturated carbocycles. The van der Waals surface area contributed by atoms with Gasteiger partial charge in [-0.1, -0.05) is 13.8 Å². The van der Waals surface area contributed by atoms with E-state index in [0.717, 1.165) is 13.0 Å². The van der Waals surface area contributed by atoms with Crippen molar-refractivity contribution in [1.82, 2.24) is 0 Å². The molecule has 16 heavy (non-hydrogen) atoms. The van der Waals surface area contributed by atoms with Crippen molar-refractivity contribution in [2.24, 2.45) is 5.92 Å². The lowest BCUT2D eigenvalue weighted by Crippen LogP contribution is -2.52. The molecule has 0 amide bonds. The van der Waals surface area contributed by atoms with Crippen LogP contribution in [-0.2, 0) is 10.1 Å². The average molecular weight is 252 g/mol. The molecule has 0 saturated heterocycles. The summed E-state index contributed by atoms with van der Waals surface area (Å²) < 4.78 is 31.1. The molecule has 0 aromatic carbocycles. The molecule has 1 unspecified atom stereocenters. The van der Waals surface area contributed by atoms with Crippen LogP contribution >= 0.6 is 0 Å². The van der Waals surface area contributed by atoms with Crippen LogP contribution in [0, 0.1) is 5.92 Å². The molecule has 0 aliphatic heterocycles. The first-order chi connectivity index (χ1) is 7.07. The maximum absolute atomic E-state index is 10.8. The Kier molecular flexibility index (Phi) is 5.93. The molecule has 0 aliphatic rings. The second-order valence-corrected chi connectivity index (χ2v) is 7.06. The smallest absolute Gasteiger partial charge is 0.270 e.